The lowest BCUT2D eigenvalue weighted by molar-refractivity contribution is 0.0953. The molecule has 0 aromatic carbocycles. The molecule has 0 bridgehead atoms. The molecule has 2 aromatic rings. The lowest BCUT2D eigenvalue weighted by atomic mass is 10.2. The maximum atomic E-state index is 11.9. The van der Waals surface area contributed by atoms with Crippen molar-refractivity contribution >= 4 is 33.0 Å². The van der Waals surface area contributed by atoms with Gasteiger partial charge in [0.1, 0.15) is 4.88 Å². The first-order chi connectivity index (χ1) is 8.13. The minimum atomic E-state index is -0.315. The lowest BCUT2D eigenvalue weighted by Crippen LogP contribution is -2.31. The first-order valence-electron chi connectivity index (χ1n) is 5.02. The van der Waals surface area contributed by atoms with Gasteiger partial charge in [0.15, 0.2) is 0 Å². The maximum Gasteiger partial charge on any atom is 0.264 e. The van der Waals surface area contributed by atoms with Gasteiger partial charge in [-0.1, -0.05) is 5.92 Å². The van der Waals surface area contributed by atoms with Crippen molar-refractivity contribution in [1.82, 2.24) is 10.3 Å². The number of nitrogens with one attached hydrogen (secondary N) is 1. The van der Waals surface area contributed by atoms with Crippen LogP contribution >= 0.6 is 11.3 Å². The van der Waals surface area contributed by atoms with Gasteiger partial charge >= 0.3 is 0 Å². The van der Waals surface area contributed by atoms with Crippen molar-refractivity contribution in [2.24, 2.45) is 0 Å². The largest absolute Gasteiger partial charge is 0.397 e. The number of carbonyl (C=O) groups is 1. The Hall–Kier alpha value is -2.06. The Balaban J connectivity index is 2.40. The van der Waals surface area contributed by atoms with Crippen molar-refractivity contribution in [1.29, 1.82) is 0 Å². The third-order valence-electron chi connectivity index (χ3n) is 2.34. The molecule has 0 saturated heterocycles. The minimum Gasteiger partial charge on any atom is -0.397 e. The predicted molar refractivity (Wildman–Crippen MR) is 69.8 cm³/mol. The highest BCUT2D eigenvalue weighted by molar-refractivity contribution is 7.21. The number of terminal acetylenes is 1. The molecular weight excluding hydrogens is 234 g/mol. The van der Waals surface area contributed by atoms with Crippen LogP contribution < -0.4 is 11.1 Å². The van der Waals surface area contributed by atoms with Gasteiger partial charge in [0.25, 0.3) is 5.91 Å². The Kier molecular flexibility index (Phi) is 2.98. The summed E-state index contributed by atoms with van der Waals surface area (Å²) in [5.74, 6) is 2.20. The number of hydrogen-bond donors (Lipinski definition) is 2. The highest BCUT2D eigenvalue weighted by Gasteiger charge is 2.17. The molecule has 3 N–H and O–H groups in total. The molecule has 5 heteroatoms. The van der Waals surface area contributed by atoms with Crippen LogP contribution in [0.2, 0.25) is 0 Å². The van der Waals surface area contributed by atoms with Crippen molar-refractivity contribution in [2.45, 2.75) is 13.0 Å². The highest BCUT2D eigenvalue weighted by Crippen LogP contribution is 2.32. The predicted octanol–water partition coefficient (Wildman–Crippen LogP) is 1.63. The Labute approximate surface area is 103 Å². The van der Waals surface area contributed by atoms with E-state index in [1.54, 1.807) is 25.4 Å². The second-order valence-electron chi connectivity index (χ2n) is 3.58. The molecule has 2 aromatic heterocycles. The van der Waals surface area contributed by atoms with E-state index in [0.29, 0.717) is 10.6 Å². The van der Waals surface area contributed by atoms with Gasteiger partial charge in [0, 0.05) is 17.8 Å². The summed E-state index contributed by atoms with van der Waals surface area (Å²) >= 11 is 1.32. The quantitative estimate of drug-likeness (QED) is 0.790. The molecular formula is C12H11N3OS. The molecule has 0 saturated carbocycles. The number of aromatic nitrogens is 1. The fourth-order valence-electron chi connectivity index (χ4n) is 1.44. The van der Waals surface area contributed by atoms with Crippen LogP contribution in [0, 0.1) is 12.3 Å². The van der Waals surface area contributed by atoms with Gasteiger partial charge < -0.3 is 11.1 Å². The second kappa shape index (κ2) is 4.44. The van der Waals surface area contributed by atoms with E-state index in [4.69, 9.17) is 12.2 Å². The first-order valence-corrected chi connectivity index (χ1v) is 5.84. The van der Waals surface area contributed by atoms with E-state index in [-0.39, 0.29) is 11.9 Å². The molecule has 1 unspecified atom stereocenters. The Bertz CT molecular complexity index is 612. The van der Waals surface area contributed by atoms with E-state index in [0.717, 1.165) is 10.1 Å². The Morgan fingerprint density at radius 3 is 3.12 bits per heavy atom. The molecule has 0 aliphatic carbocycles. The van der Waals surface area contributed by atoms with Gasteiger partial charge in [-0.2, -0.15) is 0 Å². The van der Waals surface area contributed by atoms with Crippen molar-refractivity contribution in [2.75, 3.05) is 5.73 Å². The first kappa shape index (κ1) is 11.4. The molecule has 1 atom stereocenters. The van der Waals surface area contributed by atoms with Crippen LogP contribution in [-0.4, -0.2) is 16.9 Å². The van der Waals surface area contributed by atoms with Crippen LogP contribution in [0.25, 0.3) is 10.1 Å². The van der Waals surface area contributed by atoms with Gasteiger partial charge in [0.2, 0.25) is 0 Å². The SMILES string of the molecule is C#CC(C)NC(=O)c1sc2cnccc2c1N. The second-order valence-corrected chi connectivity index (χ2v) is 4.63. The molecule has 0 spiro atoms. The third kappa shape index (κ3) is 2.08. The smallest absolute Gasteiger partial charge is 0.264 e. The molecule has 86 valence electrons. The van der Waals surface area contributed by atoms with Crippen molar-refractivity contribution in [3.05, 3.63) is 23.3 Å². The molecule has 2 rings (SSSR count). The van der Waals surface area contributed by atoms with Gasteiger partial charge in [-0.3, -0.25) is 9.78 Å². The van der Waals surface area contributed by atoms with E-state index in [1.807, 2.05) is 0 Å². The zero-order valence-electron chi connectivity index (χ0n) is 9.23. The standard InChI is InChI=1S/C12H11N3OS/c1-3-7(2)15-12(16)11-10(13)8-4-5-14-6-9(8)17-11/h1,4-7H,13H2,2H3,(H,15,16). The number of hydrogen-bond acceptors (Lipinski definition) is 4. The summed E-state index contributed by atoms with van der Waals surface area (Å²) in [7, 11) is 0. The summed E-state index contributed by atoms with van der Waals surface area (Å²) in [6.45, 7) is 1.74. The zero-order chi connectivity index (χ0) is 12.4. The molecule has 1 amide bonds. The topological polar surface area (TPSA) is 68.0 Å². The summed E-state index contributed by atoms with van der Waals surface area (Å²) in [5, 5.41) is 3.53. The van der Waals surface area contributed by atoms with Gasteiger partial charge in [-0.25, -0.2) is 0 Å². The van der Waals surface area contributed by atoms with Gasteiger partial charge in [-0.05, 0) is 13.0 Å². The Morgan fingerprint density at radius 1 is 1.71 bits per heavy atom. The third-order valence-corrected chi connectivity index (χ3v) is 3.49. The Morgan fingerprint density at radius 2 is 2.47 bits per heavy atom. The van der Waals surface area contributed by atoms with Gasteiger partial charge in [-0.15, -0.1) is 17.8 Å². The molecule has 0 aliphatic heterocycles. The number of anilines is 1. The fourth-order valence-corrected chi connectivity index (χ4v) is 2.44. The number of nitrogen functional groups attached to an aromatic ring is 1. The van der Waals surface area contributed by atoms with E-state index in [1.165, 1.54) is 11.3 Å². The number of carbonyl (C=O) groups excluding carboxylic acids is 1. The summed E-state index contributed by atoms with van der Waals surface area (Å²) in [6.07, 6.45) is 8.55. The number of amides is 1. The average molecular weight is 245 g/mol. The molecule has 4 nitrogen and oxygen atoms in total. The highest BCUT2D eigenvalue weighted by atomic mass is 32.1. The lowest BCUT2D eigenvalue weighted by Gasteiger charge is -2.06. The number of pyridine rings is 1. The average Bonchev–Trinajstić information content (AvgIpc) is 2.67. The zero-order valence-corrected chi connectivity index (χ0v) is 10.0. The van der Waals surface area contributed by atoms with Crippen LogP contribution in [0.4, 0.5) is 5.69 Å². The van der Waals surface area contributed by atoms with Crippen LogP contribution in [-0.2, 0) is 0 Å². The van der Waals surface area contributed by atoms with Crippen molar-refractivity contribution in [3.8, 4) is 12.3 Å². The summed E-state index contributed by atoms with van der Waals surface area (Å²) in [6, 6.07) is 1.48. The van der Waals surface area contributed by atoms with Gasteiger partial charge in [0.05, 0.1) is 16.4 Å². The maximum absolute atomic E-state index is 11.9. The van der Waals surface area contributed by atoms with Crippen LogP contribution in [0.1, 0.15) is 16.6 Å². The molecule has 0 aliphatic rings. The van der Waals surface area contributed by atoms with Crippen LogP contribution in [0.5, 0.6) is 0 Å². The molecule has 0 fully saturated rings. The van der Waals surface area contributed by atoms with Crippen LogP contribution in [0.15, 0.2) is 18.5 Å². The molecule has 0 radical (unpaired) electrons. The van der Waals surface area contributed by atoms with E-state index in [2.05, 4.69) is 16.2 Å². The normalized spacial score (nSPS) is 12.0. The summed E-state index contributed by atoms with van der Waals surface area (Å²) < 4.78 is 0.892. The van der Waals surface area contributed by atoms with E-state index >= 15 is 0 Å². The minimum absolute atomic E-state index is 0.242. The monoisotopic (exact) mass is 245 g/mol. The number of nitrogens with two attached hydrogens (primary N) is 1. The molecule has 2 heterocycles. The van der Waals surface area contributed by atoms with E-state index in [9.17, 15) is 4.79 Å². The van der Waals surface area contributed by atoms with E-state index < -0.39 is 0 Å². The van der Waals surface area contributed by atoms with Crippen molar-refractivity contribution < 1.29 is 4.79 Å². The number of nitrogens with zero attached hydrogens (tertiary/aromatic N) is 1. The fraction of sp³-hybridized carbons (Fsp3) is 0.167. The summed E-state index contributed by atoms with van der Waals surface area (Å²) in [4.78, 5) is 16.4. The number of fused-ring (bicyclic) bond motifs is 1. The van der Waals surface area contributed by atoms with Crippen molar-refractivity contribution in [3.63, 3.8) is 0 Å². The molecule has 17 heavy (non-hydrogen) atoms. The number of thiophene rings is 1. The number of rotatable bonds is 2. The summed E-state index contributed by atoms with van der Waals surface area (Å²) in [5.41, 5.74) is 6.41. The van der Waals surface area contributed by atoms with Crippen LogP contribution in [0.3, 0.4) is 0 Å².